The van der Waals surface area contributed by atoms with Crippen LogP contribution in [-0.2, 0) is 0 Å². The van der Waals surface area contributed by atoms with Crippen LogP contribution in [0.3, 0.4) is 0 Å². The summed E-state index contributed by atoms with van der Waals surface area (Å²) in [5.74, 6) is -1.46. The molecule has 2 N–H and O–H groups in total. The molecular formula is C12H10O5. The van der Waals surface area contributed by atoms with Gasteiger partial charge in [0, 0.05) is 0 Å². The van der Waals surface area contributed by atoms with Crippen LogP contribution in [0.2, 0.25) is 0 Å². The summed E-state index contributed by atoms with van der Waals surface area (Å²) in [6.45, 7) is 0. The van der Waals surface area contributed by atoms with Crippen molar-refractivity contribution in [2.24, 2.45) is 0 Å². The Hall–Kier alpha value is -2.43. The summed E-state index contributed by atoms with van der Waals surface area (Å²) in [4.78, 5) is 10.7. The van der Waals surface area contributed by atoms with Crippen LogP contribution in [0, 0.1) is 0 Å². The molecule has 0 spiro atoms. The Bertz CT molecular complexity index is 539. The average Bonchev–Trinajstić information content (AvgIpc) is 2.71. The van der Waals surface area contributed by atoms with Crippen LogP contribution < -0.4 is 4.74 Å². The van der Waals surface area contributed by atoms with Crippen molar-refractivity contribution in [1.29, 1.82) is 0 Å². The highest BCUT2D eigenvalue weighted by Gasteiger charge is 2.19. The van der Waals surface area contributed by atoms with Gasteiger partial charge in [0.2, 0.25) is 0 Å². The van der Waals surface area contributed by atoms with E-state index in [1.807, 2.05) is 0 Å². The lowest BCUT2D eigenvalue weighted by atomic mass is 10.1. The molecule has 0 aliphatic rings. The molecule has 0 aliphatic heterocycles. The van der Waals surface area contributed by atoms with Crippen molar-refractivity contribution in [3.05, 3.63) is 36.3 Å². The fourth-order valence-corrected chi connectivity index (χ4v) is 1.48. The lowest BCUT2D eigenvalue weighted by Crippen LogP contribution is -1.93. The number of ether oxygens (including phenoxy) is 1. The molecule has 1 aromatic carbocycles. The topological polar surface area (TPSA) is 79.9 Å². The molecule has 2 aromatic rings. The number of benzene rings is 1. The zero-order valence-corrected chi connectivity index (χ0v) is 9.01. The van der Waals surface area contributed by atoms with E-state index in [1.165, 1.54) is 6.26 Å². The second-order valence-electron chi connectivity index (χ2n) is 3.36. The lowest BCUT2D eigenvalue weighted by molar-refractivity contribution is 0.0658. The Balaban J connectivity index is 2.42. The maximum atomic E-state index is 10.7. The Morgan fingerprint density at radius 1 is 1.29 bits per heavy atom. The van der Waals surface area contributed by atoms with Crippen LogP contribution in [-0.4, -0.2) is 23.3 Å². The van der Waals surface area contributed by atoms with Gasteiger partial charge in [-0.1, -0.05) is 12.1 Å². The maximum Gasteiger partial charge on any atom is 0.375 e. The molecule has 0 unspecified atom stereocenters. The fraction of sp³-hybridized carbons (Fsp3) is 0.0833. The van der Waals surface area contributed by atoms with Crippen LogP contribution in [0.25, 0.3) is 11.1 Å². The van der Waals surface area contributed by atoms with Crippen LogP contribution in [0.15, 0.2) is 34.9 Å². The normalized spacial score (nSPS) is 10.2. The summed E-state index contributed by atoms with van der Waals surface area (Å²) in [7, 11) is 1.55. The second-order valence-corrected chi connectivity index (χ2v) is 3.36. The zero-order chi connectivity index (χ0) is 12.4. The molecule has 5 nitrogen and oxygen atoms in total. The molecule has 1 aromatic heterocycles. The number of carboxylic acid groups (broad SMARTS) is 1. The van der Waals surface area contributed by atoms with Crippen LogP contribution in [0.4, 0.5) is 0 Å². The van der Waals surface area contributed by atoms with Gasteiger partial charge in [0.25, 0.3) is 5.76 Å². The molecule has 2 rings (SSSR count). The molecule has 88 valence electrons. The predicted molar refractivity (Wildman–Crippen MR) is 59.3 cm³/mol. The molecule has 0 saturated heterocycles. The van der Waals surface area contributed by atoms with E-state index in [4.69, 9.17) is 14.3 Å². The third-order valence-corrected chi connectivity index (χ3v) is 2.36. The van der Waals surface area contributed by atoms with Crippen molar-refractivity contribution >= 4 is 5.97 Å². The van der Waals surface area contributed by atoms with Crippen molar-refractivity contribution in [2.45, 2.75) is 0 Å². The number of rotatable bonds is 3. The first kappa shape index (κ1) is 11.1. The van der Waals surface area contributed by atoms with Gasteiger partial charge in [0.05, 0.1) is 12.7 Å². The average molecular weight is 234 g/mol. The molecule has 0 amide bonds. The van der Waals surface area contributed by atoms with E-state index in [1.54, 1.807) is 31.4 Å². The maximum absolute atomic E-state index is 10.7. The zero-order valence-electron chi connectivity index (χ0n) is 9.01. The Morgan fingerprint density at radius 3 is 2.41 bits per heavy atom. The molecular weight excluding hydrogens is 224 g/mol. The summed E-state index contributed by atoms with van der Waals surface area (Å²) in [5, 5.41) is 18.4. The van der Waals surface area contributed by atoms with Gasteiger partial charge in [-0.15, -0.1) is 0 Å². The van der Waals surface area contributed by atoms with E-state index < -0.39 is 11.7 Å². The minimum Gasteiger partial charge on any atom is -0.504 e. The van der Waals surface area contributed by atoms with Gasteiger partial charge in [-0.05, 0) is 17.7 Å². The molecule has 1 heterocycles. The van der Waals surface area contributed by atoms with E-state index in [9.17, 15) is 9.90 Å². The van der Waals surface area contributed by atoms with Gasteiger partial charge in [0.1, 0.15) is 12.0 Å². The number of aromatic hydroxyl groups is 1. The van der Waals surface area contributed by atoms with Gasteiger partial charge in [-0.25, -0.2) is 4.79 Å². The monoisotopic (exact) mass is 234 g/mol. The van der Waals surface area contributed by atoms with Crippen LogP contribution >= 0.6 is 0 Å². The van der Waals surface area contributed by atoms with Crippen molar-refractivity contribution in [1.82, 2.24) is 0 Å². The number of furan rings is 1. The number of aromatic carboxylic acids is 1. The molecule has 17 heavy (non-hydrogen) atoms. The van der Waals surface area contributed by atoms with E-state index in [-0.39, 0.29) is 5.75 Å². The summed E-state index contributed by atoms with van der Waals surface area (Å²) >= 11 is 0. The lowest BCUT2D eigenvalue weighted by Gasteiger charge is -2.01. The Morgan fingerprint density at radius 2 is 1.94 bits per heavy atom. The van der Waals surface area contributed by atoms with Crippen molar-refractivity contribution in [3.63, 3.8) is 0 Å². The van der Waals surface area contributed by atoms with Crippen molar-refractivity contribution in [2.75, 3.05) is 7.11 Å². The predicted octanol–water partition coefficient (Wildman–Crippen LogP) is 2.36. The highest BCUT2D eigenvalue weighted by atomic mass is 16.5. The number of methoxy groups -OCH3 is 1. The largest absolute Gasteiger partial charge is 0.504 e. The van der Waals surface area contributed by atoms with Gasteiger partial charge in [-0.3, -0.25) is 0 Å². The highest BCUT2D eigenvalue weighted by Crippen LogP contribution is 2.34. The summed E-state index contributed by atoms with van der Waals surface area (Å²) in [5.41, 5.74) is 0.990. The SMILES string of the molecule is COc1ccc(-c2coc(C(=O)O)c2O)cc1. The third-order valence-electron chi connectivity index (χ3n) is 2.36. The molecule has 0 atom stereocenters. The molecule has 0 radical (unpaired) electrons. The molecule has 0 aliphatic carbocycles. The van der Waals surface area contributed by atoms with Gasteiger partial charge in [-0.2, -0.15) is 0 Å². The summed E-state index contributed by atoms with van der Waals surface area (Å²) in [6, 6.07) is 6.83. The molecule has 0 fully saturated rings. The number of hydrogen-bond donors (Lipinski definition) is 2. The second kappa shape index (κ2) is 4.21. The molecule has 5 heteroatoms. The summed E-state index contributed by atoms with van der Waals surface area (Å²) < 4.78 is 9.79. The first-order valence-electron chi connectivity index (χ1n) is 4.81. The first-order valence-corrected chi connectivity index (χ1v) is 4.81. The van der Waals surface area contributed by atoms with E-state index in [2.05, 4.69) is 0 Å². The first-order chi connectivity index (χ1) is 8.13. The Labute approximate surface area is 96.9 Å². The summed E-state index contributed by atoms with van der Waals surface area (Å²) in [6.07, 6.45) is 1.21. The fourth-order valence-electron chi connectivity index (χ4n) is 1.48. The number of carbonyl (C=O) groups is 1. The highest BCUT2D eigenvalue weighted by molar-refractivity contribution is 5.91. The smallest absolute Gasteiger partial charge is 0.375 e. The third kappa shape index (κ3) is 1.94. The van der Waals surface area contributed by atoms with Crippen LogP contribution in [0.5, 0.6) is 11.5 Å². The van der Waals surface area contributed by atoms with Crippen LogP contribution in [0.1, 0.15) is 10.6 Å². The molecule has 0 saturated carbocycles. The van der Waals surface area contributed by atoms with E-state index in [0.717, 1.165) is 0 Å². The minimum atomic E-state index is -1.30. The Kier molecular flexibility index (Phi) is 2.74. The van der Waals surface area contributed by atoms with Crippen molar-refractivity contribution < 1.29 is 24.2 Å². The number of hydrogen-bond acceptors (Lipinski definition) is 4. The van der Waals surface area contributed by atoms with Gasteiger partial charge in [0.15, 0.2) is 5.75 Å². The van der Waals surface area contributed by atoms with Gasteiger partial charge >= 0.3 is 5.97 Å². The standard InChI is InChI=1S/C12H10O5/c1-16-8-4-2-7(3-5-8)9-6-17-11(10(9)13)12(14)15/h2-6,13H,1H3,(H,14,15). The minimum absolute atomic E-state index is 0.338. The van der Waals surface area contributed by atoms with E-state index in [0.29, 0.717) is 16.9 Å². The van der Waals surface area contributed by atoms with Crippen molar-refractivity contribution in [3.8, 4) is 22.6 Å². The quantitative estimate of drug-likeness (QED) is 0.852. The molecule has 0 bridgehead atoms. The van der Waals surface area contributed by atoms with Gasteiger partial charge < -0.3 is 19.4 Å². The van der Waals surface area contributed by atoms with E-state index >= 15 is 0 Å². The number of carboxylic acids is 1.